The number of anilines is 2. The van der Waals surface area contributed by atoms with Gasteiger partial charge in [0.25, 0.3) is 0 Å². The number of piperazine rings is 1. The summed E-state index contributed by atoms with van der Waals surface area (Å²) in [6.45, 7) is 20.8. The van der Waals surface area contributed by atoms with E-state index in [1.807, 2.05) is 40.0 Å². The molecule has 7 nitrogen and oxygen atoms in total. The first-order valence-electron chi connectivity index (χ1n) is 13.8. The van der Waals surface area contributed by atoms with Crippen molar-refractivity contribution >= 4 is 23.4 Å². The number of allylic oxidation sites excluding steroid dienone is 1. The lowest BCUT2D eigenvalue weighted by atomic mass is 10.0. The molecule has 0 saturated carbocycles. The van der Waals surface area contributed by atoms with Crippen LogP contribution >= 0.6 is 0 Å². The number of amides is 1. The van der Waals surface area contributed by atoms with Gasteiger partial charge in [-0.05, 0) is 76.8 Å². The largest absolute Gasteiger partial charge is 0.402 e. The minimum absolute atomic E-state index is 0.0289. The zero-order valence-corrected chi connectivity index (χ0v) is 24.6. The molecule has 3 rings (SSSR count). The fourth-order valence-electron chi connectivity index (χ4n) is 4.39. The second-order valence-electron chi connectivity index (χ2n) is 9.63. The van der Waals surface area contributed by atoms with Crippen molar-refractivity contribution in [1.29, 1.82) is 0 Å². The Morgan fingerprint density at radius 2 is 1.81 bits per heavy atom. The molecule has 4 N–H and O–H groups in total. The highest BCUT2D eigenvalue weighted by molar-refractivity contribution is 5.91. The number of carbonyl (C=O) groups is 1. The Kier molecular flexibility index (Phi) is 14.5. The van der Waals surface area contributed by atoms with Crippen molar-refractivity contribution in [3.8, 4) is 0 Å². The van der Waals surface area contributed by atoms with E-state index >= 15 is 0 Å². The fourth-order valence-corrected chi connectivity index (χ4v) is 4.39. The van der Waals surface area contributed by atoms with Crippen LogP contribution in [0.3, 0.4) is 0 Å². The minimum Gasteiger partial charge on any atom is -0.402 e. The van der Waals surface area contributed by atoms with E-state index < -0.39 is 0 Å². The lowest BCUT2D eigenvalue weighted by Gasteiger charge is -2.38. The van der Waals surface area contributed by atoms with E-state index in [9.17, 15) is 4.79 Å². The van der Waals surface area contributed by atoms with Crippen LogP contribution in [0.1, 0.15) is 90.2 Å². The number of nitrogens with one attached hydrogen (secondary N) is 2. The number of carbonyl (C=O) groups excluding carboxylic acids is 1. The van der Waals surface area contributed by atoms with Gasteiger partial charge in [-0.2, -0.15) is 0 Å². The van der Waals surface area contributed by atoms with E-state index in [0.717, 1.165) is 42.9 Å². The van der Waals surface area contributed by atoms with Crippen LogP contribution in [0.15, 0.2) is 30.2 Å². The van der Waals surface area contributed by atoms with Gasteiger partial charge in [-0.15, -0.1) is 0 Å². The molecule has 0 radical (unpaired) electrons. The zero-order chi connectivity index (χ0) is 28.0. The third-order valence-corrected chi connectivity index (χ3v) is 5.90. The third-order valence-electron chi connectivity index (χ3n) is 5.90. The van der Waals surface area contributed by atoms with Gasteiger partial charge in [0.15, 0.2) is 0 Å². The SMILES string of the molecule is CC.CCCC(=O)Nc1cc(/C=C(/C)N)ncc1C.CCCc1c(N2CC(C)NC(C)C2)ccnc1C. The van der Waals surface area contributed by atoms with Gasteiger partial charge in [0.2, 0.25) is 5.91 Å². The highest BCUT2D eigenvalue weighted by Gasteiger charge is 2.23. The molecule has 1 aliphatic heterocycles. The molecule has 7 heteroatoms. The van der Waals surface area contributed by atoms with Crippen molar-refractivity contribution in [1.82, 2.24) is 15.3 Å². The summed E-state index contributed by atoms with van der Waals surface area (Å²) >= 11 is 0. The molecule has 206 valence electrons. The van der Waals surface area contributed by atoms with Gasteiger partial charge in [0.05, 0.1) is 5.69 Å². The van der Waals surface area contributed by atoms with Crippen molar-refractivity contribution in [3.63, 3.8) is 0 Å². The monoisotopic (exact) mass is 510 g/mol. The first kappa shape index (κ1) is 32.1. The summed E-state index contributed by atoms with van der Waals surface area (Å²) in [7, 11) is 0. The van der Waals surface area contributed by atoms with Crippen LogP contribution in [0, 0.1) is 13.8 Å². The van der Waals surface area contributed by atoms with Gasteiger partial charge >= 0.3 is 0 Å². The summed E-state index contributed by atoms with van der Waals surface area (Å²) in [4.78, 5) is 22.7. The van der Waals surface area contributed by atoms with Crippen molar-refractivity contribution in [2.75, 3.05) is 23.3 Å². The predicted octanol–water partition coefficient (Wildman–Crippen LogP) is 6.00. The molecule has 1 saturated heterocycles. The molecule has 2 unspecified atom stereocenters. The minimum atomic E-state index is 0.0289. The van der Waals surface area contributed by atoms with Gasteiger partial charge in [-0.25, -0.2) is 0 Å². The molecule has 3 heterocycles. The van der Waals surface area contributed by atoms with E-state index in [1.165, 1.54) is 23.4 Å². The van der Waals surface area contributed by atoms with Crippen LogP contribution in [-0.2, 0) is 11.2 Å². The standard InChI is InChI=1S/C15H25N3.C13H19N3O.C2H6/c1-5-6-14-13(4)16-8-7-15(14)18-9-11(2)17-12(3)10-18;1-4-5-13(17)16-12-7-11(6-10(3)14)15-8-9(12)2;1-2/h7-8,11-12,17H,5-6,9-10H2,1-4H3;6-8H,4-5,14H2,1-3H3,(H,15,16,17);1-2H3/b;10-6-;. The Morgan fingerprint density at radius 1 is 1.16 bits per heavy atom. The molecule has 37 heavy (non-hydrogen) atoms. The third kappa shape index (κ3) is 10.9. The van der Waals surface area contributed by atoms with E-state index in [4.69, 9.17) is 5.73 Å². The van der Waals surface area contributed by atoms with Crippen LogP contribution in [-0.4, -0.2) is 41.0 Å². The first-order chi connectivity index (χ1) is 17.6. The Morgan fingerprint density at radius 3 is 2.38 bits per heavy atom. The fraction of sp³-hybridized carbons (Fsp3) is 0.567. The number of nitrogens with two attached hydrogens (primary N) is 1. The van der Waals surface area contributed by atoms with Gasteiger partial charge in [-0.3, -0.25) is 14.8 Å². The summed E-state index contributed by atoms with van der Waals surface area (Å²) in [6, 6.07) is 5.12. The second-order valence-corrected chi connectivity index (χ2v) is 9.63. The summed E-state index contributed by atoms with van der Waals surface area (Å²) < 4.78 is 0. The maximum absolute atomic E-state index is 11.5. The van der Waals surface area contributed by atoms with Crippen LogP contribution in [0.25, 0.3) is 6.08 Å². The number of aromatic nitrogens is 2. The highest BCUT2D eigenvalue weighted by Crippen LogP contribution is 2.25. The maximum Gasteiger partial charge on any atom is 0.224 e. The van der Waals surface area contributed by atoms with Crippen molar-refractivity contribution in [2.24, 2.45) is 5.73 Å². The second kappa shape index (κ2) is 16.7. The van der Waals surface area contributed by atoms with Crippen molar-refractivity contribution in [3.05, 3.63) is 52.7 Å². The molecule has 2 atom stereocenters. The average Bonchev–Trinajstić information content (AvgIpc) is 2.83. The first-order valence-corrected chi connectivity index (χ1v) is 13.8. The number of pyridine rings is 2. The topological polar surface area (TPSA) is 96.2 Å². The molecule has 0 bridgehead atoms. The average molecular weight is 511 g/mol. The molecular weight excluding hydrogens is 460 g/mol. The van der Waals surface area contributed by atoms with Gasteiger partial charge in [0, 0.05) is 66.8 Å². The Labute approximate surface area is 225 Å². The molecule has 0 aromatic carbocycles. The van der Waals surface area contributed by atoms with Crippen molar-refractivity contribution in [2.45, 2.75) is 100 Å². The summed E-state index contributed by atoms with van der Waals surface area (Å²) in [5.41, 5.74) is 12.8. The maximum atomic E-state index is 11.5. The molecule has 1 amide bonds. The molecule has 0 spiro atoms. The number of aryl methyl sites for hydroxylation is 2. The molecule has 0 aliphatic carbocycles. The van der Waals surface area contributed by atoms with Gasteiger partial charge < -0.3 is 21.3 Å². The number of rotatable bonds is 7. The van der Waals surface area contributed by atoms with Gasteiger partial charge in [-0.1, -0.05) is 34.1 Å². The smallest absolute Gasteiger partial charge is 0.224 e. The molecule has 2 aromatic rings. The van der Waals surface area contributed by atoms with Crippen LogP contribution in [0.4, 0.5) is 11.4 Å². The quantitative estimate of drug-likeness (QED) is 0.422. The van der Waals surface area contributed by atoms with Crippen LogP contribution in [0.5, 0.6) is 0 Å². The van der Waals surface area contributed by atoms with Crippen LogP contribution in [0.2, 0.25) is 0 Å². The van der Waals surface area contributed by atoms with Gasteiger partial charge in [0.1, 0.15) is 0 Å². The van der Waals surface area contributed by atoms with Crippen LogP contribution < -0.4 is 21.3 Å². The normalized spacial score (nSPS) is 17.2. The van der Waals surface area contributed by atoms with Crippen molar-refractivity contribution < 1.29 is 4.79 Å². The zero-order valence-electron chi connectivity index (χ0n) is 24.6. The lowest BCUT2D eigenvalue weighted by molar-refractivity contribution is -0.116. The Bertz CT molecular complexity index is 990. The molecular formula is C30H50N6O. The highest BCUT2D eigenvalue weighted by atomic mass is 16.1. The lowest BCUT2D eigenvalue weighted by Crippen LogP contribution is -2.54. The van der Waals surface area contributed by atoms with E-state index in [0.29, 0.717) is 24.2 Å². The summed E-state index contributed by atoms with van der Waals surface area (Å²) in [6.07, 6.45) is 9.12. The molecule has 1 fully saturated rings. The number of hydrogen-bond acceptors (Lipinski definition) is 6. The molecule has 2 aromatic heterocycles. The Hall–Kier alpha value is -2.93. The van der Waals surface area contributed by atoms with E-state index in [2.05, 4.69) is 59.3 Å². The molecule has 1 aliphatic rings. The number of hydrogen-bond donors (Lipinski definition) is 3. The Balaban J connectivity index is 0.000000348. The predicted molar refractivity (Wildman–Crippen MR) is 159 cm³/mol. The number of nitrogens with zero attached hydrogens (tertiary/aromatic N) is 3. The summed E-state index contributed by atoms with van der Waals surface area (Å²) in [5.74, 6) is 0.0289. The summed E-state index contributed by atoms with van der Waals surface area (Å²) in [5, 5.41) is 6.46. The van der Waals surface area contributed by atoms with E-state index in [1.54, 1.807) is 19.2 Å². The van der Waals surface area contributed by atoms with E-state index in [-0.39, 0.29) is 5.91 Å².